The van der Waals surface area contributed by atoms with Crippen LogP contribution in [0.15, 0.2) is 78.9 Å². The number of nitrogens with one attached hydrogen (secondary N) is 1. The summed E-state index contributed by atoms with van der Waals surface area (Å²) in [6.45, 7) is 0. The Morgan fingerprint density at radius 2 is 1.35 bits per heavy atom. The highest BCUT2D eigenvalue weighted by Crippen LogP contribution is 2.39. The largest absolute Gasteiger partial charge is 0.354 e. The van der Waals surface area contributed by atoms with Crippen LogP contribution >= 0.6 is 11.6 Å². The summed E-state index contributed by atoms with van der Waals surface area (Å²) >= 11 is 6.04. The highest BCUT2D eigenvalue weighted by Gasteiger charge is 2.13. The molecule has 1 heterocycles. The Bertz CT molecular complexity index is 1410. The van der Waals surface area contributed by atoms with Crippen LogP contribution in [0.2, 0.25) is 5.02 Å². The van der Waals surface area contributed by atoms with Gasteiger partial charge in [-0.05, 0) is 56.8 Å². The van der Waals surface area contributed by atoms with Gasteiger partial charge >= 0.3 is 0 Å². The number of halogens is 1. The van der Waals surface area contributed by atoms with Crippen LogP contribution in [-0.4, -0.2) is 4.98 Å². The van der Waals surface area contributed by atoms with Crippen LogP contribution in [0.1, 0.15) is 0 Å². The van der Waals surface area contributed by atoms with Crippen molar-refractivity contribution in [3.63, 3.8) is 0 Å². The van der Waals surface area contributed by atoms with E-state index in [1.807, 2.05) is 12.1 Å². The molecule has 1 nitrogen and oxygen atoms in total. The van der Waals surface area contributed by atoms with E-state index in [9.17, 15) is 0 Å². The molecule has 6 rings (SSSR count). The van der Waals surface area contributed by atoms with Crippen LogP contribution < -0.4 is 0 Å². The van der Waals surface area contributed by atoms with E-state index in [1.54, 1.807) is 0 Å². The van der Waals surface area contributed by atoms with Crippen LogP contribution in [0.5, 0.6) is 0 Å². The molecule has 2 heteroatoms. The van der Waals surface area contributed by atoms with Gasteiger partial charge in [0.05, 0.1) is 5.52 Å². The zero-order valence-electron chi connectivity index (χ0n) is 13.9. The van der Waals surface area contributed by atoms with E-state index in [2.05, 4.69) is 71.7 Å². The first-order chi connectivity index (χ1) is 12.8. The topological polar surface area (TPSA) is 15.8 Å². The van der Waals surface area contributed by atoms with Gasteiger partial charge in [0.15, 0.2) is 0 Å². The summed E-state index contributed by atoms with van der Waals surface area (Å²) in [4.78, 5) is 3.64. The Kier molecular flexibility index (Phi) is 2.72. The van der Waals surface area contributed by atoms with Crippen molar-refractivity contribution in [1.29, 1.82) is 0 Å². The van der Waals surface area contributed by atoms with E-state index in [0.717, 1.165) is 16.3 Å². The molecule has 0 amide bonds. The van der Waals surface area contributed by atoms with Gasteiger partial charge in [0.25, 0.3) is 0 Å². The molecule has 0 saturated carbocycles. The number of hydrogen-bond donors (Lipinski definition) is 1. The Balaban J connectivity index is 1.75. The lowest BCUT2D eigenvalue weighted by molar-refractivity contribution is 1.46. The van der Waals surface area contributed by atoms with Crippen LogP contribution in [-0.2, 0) is 0 Å². The zero-order valence-corrected chi connectivity index (χ0v) is 14.6. The Hall–Kier alpha value is -3.03. The summed E-state index contributed by atoms with van der Waals surface area (Å²) in [5.41, 5.74) is 3.46. The summed E-state index contributed by atoms with van der Waals surface area (Å²) in [5, 5.41) is 9.85. The third-order valence-electron chi connectivity index (χ3n) is 5.39. The molecule has 5 aromatic carbocycles. The summed E-state index contributed by atoms with van der Waals surface area (Å²) < 4.78 is 0. The molecule has 0 radical (unpaired) electrons. The van der Waals surface area contributed by atoms with Crippen LogP contribution in [0.3, 0.4) is 0 Å². The van der Waals surface area contributed by atoms with Crippen molar-refractivity contribution < 1.29 is 0 Å². The quantitative estimate of drug-likeness (QED) is 0.297. The van der Waals surface area contributed by atoms with Crippen LogP contribution in [0, 0.1) is 0 Å². The van der Waals surface area contributed by atoms with Gasteiger partial charge in [0, 0.05) is 21.5 Å². The highest BCUT2D eigenvalue weighted by atomic mass is 35.5. The molecular weight excluding hydrogens is 338 g/mol. The van der Waals surface area contributed by atoms with E-state index < -0.39 is 0 Å². The SMILES string of the molecule is Clc1ccc(-c2cc3cc4ccc5cccc6ccc(c3[nH]2)c4c56)cc1. The van der Waals surface area contributed by atoms with Crippen molar-refractivity contribution in [3.8, 4) is 11.3 Å². The second kappa shape index (κ2) is 5.00. The average Bonchev–Trinajstić information content (AvgIpc) is 3.10. The van der Waals surface area contributed by atoms with Crippen molar-refractivity contribution in [1.82, 2.24) is 4.98 Å². The first-order valence-electron chi connectivity index (χ1n) is 8.73. The number of H-pyrrole nitrogens is 1. The first-order valence-corrected chi connectivity index (χ1v) is 9.11. The zero-order chi connectivity index (χ0) is 17.3. The standard InChI is InChI=1S/C24H14ClN/c25-19-9-6-14(7-10-19)21-13-18-12-17-5-4-15-2-1-3-16-8-11-20(24(18)26-21)23(17)22(15)16/h1-13,26H. The number of benzene rings is 5. The first kappa shape index (κ1) is 14.2. The minimum Gasteiger partial charge on any atom is -0.354 e. The maximum Gasteiger partial charge on any atom is 0.0539 e. The monoisotopic (exact) mass is 351 g/mol. The van der Waals surface area contributed by atoms with E-state index in [-0.39, 0.29) is 0 Å². The molecule has 0 spiro atoms. The predicted octanol–water partition coefficient (Wildman–Crippen LogP) is 7.39. The van der Waals surface area contributed by atoms with Crippen molar-refractivity contribution in [2.24, 2.45) is 0 Å². The molecule has 0 aliphatic carbocycles. The maximum atomic E-state index is 6.04. The molecular formula is C24H14ClN. The summed E-state index contributed by atoms with van der Waals surface area (Å²) in [5.74, 6) is 0. The molecule has 6 aromatic rings. The average molecular weight is 352 g/mol. The molecule has 0 saturated heterocycles. The summed E-state index contributed by atoms with van der Waals surface area (Å²) in [7, 11) is 0. The second-order valence-electron chi connectivity index (χ2n) is 6.89. The molecule has 0 atom stereocenters. The molecule has 1 aromatic heterocycles. The Labute approximate surface area is 155 Å². The smallest absolute Gasteiger partial charge is 0.0539 e. The van der Waals surface area contributed by atoms with E-state index in [0.29, 0.717) is 0 Å². The Morgan fingerprint density at radius 3 is 2.15 bits per heavy atom. The second-order valence-corrected chi connectivity index (χ2v) is 7.32. The highest BCUT2D eigenvalue weighted by molar-refractivity contribution is 6.30. The third kappa shape index (κ3) is 1.86. The lowest BCUT2D eigenvalue weighted by atomic mass is 9.93. The maximum absolute atomic E-state index is 6.04. The minimum atomic E-state index is 0.757. The van der Waals surface area contributed by atoms with E-state index in [1.165, 1.54) is 43.2 Å². The fourth-order valence-corrected chi connectivity index (χ4v) is 4.32. The molecule has 0 aliphatic heterocycles. The van der Waals surface area contributed by atoms with Crippen LogP contribution in [0.25, 0.3) is 54.5 Å². The lowest BCUT2D eigenvalue weighted by Crippen LogP contribution is -1.84. The number of aromatic amines is 1. The molecule has 122 valence electrons. The molecule has 0 fully saturated rings. The molecule has 0 unspecified atom stereocenters. The minimum absolute atomic E-state index is 0.757. The van der Waals surface area contributed by atoms with Gasteiger partial charge in [0.2, 0.25) is 0 Å². The van der Waals surface area contributed by atoms with Crippen molar-refractivity contribution in [2.45, 2.75) is 0 Å². The van der Waals surface area contributed by atoms with Gasteiger partial charge in [-0.2, -0.15) is 0 Å². The van der Waals surface area contributed by atoms with Gasteiger partial charge in [-0.3, -0.25) is 0 Å². The molecule has 26 heavy (non-hydrogen) atoms. The van der Waals surface area contributed by atoms with Gasteiger partial charge in [-0.15, -0.1) is 0 Å². The fourth-order valence-electron chi connectivity index (χ4n) is 4.20. The van der Waals surface area contributed by atoms with E-state index in [4.69, 9.17) is 11.6 Å². The molecule has 0 aliphatic rings. The lowest BCUT2D eigenvalue weighted by Gasteiger charge is -2.11. The predicted molar refractivity (Wildman–Crippen MR) is 112 cm³/mol. The van der Waals surface area contributed by atoms with Gasteiger partial charge in [-0.25, -0.2) is 0 Å². The normalized spacial score (nSPS) is 12.0. The number of fused-ring (bicyclic) bond motifs is 2. The van der Waals surface area contributed by atoms with Crippen molar-refractivity contribution >= 4 is 54.8 Å². The Morgan fingerprint density at radius 1 is 0.615 bits per heavy atom. The summed E-state index contributed by atoms with van der Waals surface area (Å²) in [6.07, 6.45) is 0. The molecule has 1 N–H and O–H groups in total. The fraction of sp³-hybridized carbons (Fsp3) is 0. The summed E-state index contributed by atoms with van der Waals surface area (Å²) in [6, 6.07) is 28.0. The number of hydrogen-bond acceptors (Lipinski definition) is 0. The van der Waals surface area contributed by atoms with Crippen molar-refractivity contribution in [2.75, 3.05) is 0 Å². The van der Waals surface area contributed by atoms with Gasteiger partial charge in [-0.1, -0.05) is 66.2 Å². The van der Waals surface area contributed by atoms with Crippen LogP contribution in [0.4, 0.5) is 0 Å². The van der Waals surface area contributed by atoms with Gasteiger partial charge in [0.1, 0.15) is 0 Å². The third-order valence-corrected chi connectivity index (χ3v) is 5.64. The van der Waals surface area contributed by atoms with Crippen molar-refractivity contribution in [3.05, 3.63) is 83.9 Å². The number of rotatable bonds is 1. The number of aromatic nitrogens is 1. The van der Waals surface area contributed by atoms with Gasteiger partial charge < -0.3 is 4.98 Å². The van der Waals surface area contributed by atoms with E-state index >= 15 is 0 Å². The molecule has 0 bridgehead atoms.